The van der Waals surface area contributed by atoms with Crippen molar-refractivity contribution in [3.63, 3.8) is 0 Å². The number of nitrogens with zero attached hydrogens (tertiary/aromatic N) is 3. The van der Waals surface area contributed by atoms with E-state index in [1.807, 2.05) is 42.5 Å². The summed E-state index contributed by atoms with van der Waals surface area (Å²) in [6, 6.07) is 16.0. The Balaban J connectivity index is 1.60. The van der Waals surface area contributed by atoms with Gasteiger partial charge < -0.3 is 4.74 Å². The average molecular weight is 434 g/mol. The fourth-order valence-electron chi connectivity index (χ4n) is 3.15. The summed E-state index contributed by atoms with van der Waals surface area (Å²) >= 11 is 1.36. The van der Waals surface area contributed by atoms with Crippen LogP contribution < -0.4 is 14.8 Å². The van der Waals surface area contributed by atoms with E-state index in [1.54, 1.807) is 0 Å². The fourth-order valence-corrected chi connectivity index (χ4v) is 4.06. The first-order valence-corrected chi connectivity index (χ1v) is 11.3. The number of rotatable bonds is 5. The topological polar surface area (TPSA) is 56.5 Å². The number of thiazole rings is 1. The van der Waals surface area contributed by atoms with Crippen molar-refractivity contribution in [2.45, 2.75) is 40.0 Å². The molecule has 0 bridgehead atoms. The second kappa shape index (κ2) is 8.27. The molecule has 4 aromatic rings. The Bertz CT molecular complexity index is 1290. The molecule has 2 heterocycles. The molecule has 0 saturated heterocycles. The van der Waals surface area contributed by atoms with Gasteiger partial charge in [-0.3, -0.25) is 4.79 Å². The summed E-state index contributed by atoms with van der Waals surface area (Å²) in [5.41, 5.74) is 3.07. The quantitative estimate of drug-likeness (QED) is 0.458. The van der Waals surface area contributed by atoms with Gasteiger partial charge in [0.1, 0.15) is 5.75 Å². The van der Waals surface area contributed by atoms with Crippen molar-refractivity contribution in [2.75, 3.05) is 6.61 Å². The third kappa shape index (κ3) is 4.69. The summed E-state index contributed by atoms with van der Waals surface area (Å²) in [7, 11) is 0. The van der Waals surface area contributed by atoms with Gasteiger partial charge in [-0.15, -0.1) is 5.10 Å². The van der Waals surface area contributed by atoms with Crippen molar-refractivity contribution in [1.82, 2.24) is 14.6 Å². The van der Waals surface area contributed by atoms with Gasteiger partial charge in [-0.1, -0.05) is 70.2 Å². The van der Waals surface area contributed by atoms with E-state index in [-0.39, 0.29) is 11.0 Å². The zero-order chi connectivity index (χ0) is 22.2. The molecule has 0 amide bonds. The summed E-state index contributed by atoms with van der Waals surface area (Å²) < 4.78 is 7.74. The maximum atomic E-state index is 12.8. The minimum Gasteiger partial charge on any atom is -0.493 e. The standard InChI is InChI=1S/C25H27N3O2S/c1-16(2)15-30-20-12-8-18(9-13-20)22-26-24-28(27-22)23(29)21(31-24)14-17-6-10-19(11-7-17)25(3,4)5/h6-14,16H,15H2,1-5H3. The van der Waals surface area contributed by atoms with Crippen LogP contribution in [-0.4, -0.2) is 21.2 Å². The molecule has 4 rings (SSSR count). The first kappa shape index (κ1) is 21.2. The molecule has 160 valence electrons. The molecule has 5 nitrogen and oxygen atoms in total. The molecule has 6 heteroatoms. The molecular formula is C25H27N3O2S. The van der Waals surface area contributed by atoms with Crippen LogP contribution in [0.3, 0.4) is 0 Å². The van der Waals surface area contributed by atoms with Crippen molar-refractivity contribution in [3.05, 3.63) is 74.5 Å². The van der Waals surface area contributed by atoms with Gasteiger partial charge in [0.15, 0.2) is 5.82 Å². The van der Waals surface area contributed by atoms with E-state index in [9.17, 15) is 4.79 Å². The van der Waals surface area contributed by atoms with Gasteiger partial charge in [-0.25, -0.2) is 0 Å². The van der Waals surface area contributed by atoms with Gasteiger partial charge in [0.25, 0.3) is 5.56 Å². The van der Waals surface area contributed by atoms with Gasteiger partial charge in [-0.2, -0.15) is 9.50 Å². The van der Waals surface area contributed by atoms with Crippen molar-refractivity contribution in [3.8, 4) is 17.1 Å². The third-order valence-corrected chi connectivity index (χ3v) is 5.91. The minimum atomic E-state index is -0.143. The van der Waals surface area contributed by atoms with Crippen LogP contribution in [0.5, 0.6) is 5.75 Å². The molecule has 2 aromatic heterocycles. The maximum Gasteiger partial charge on any atom is 0.291 e. The van der Waals surface area contributed by atoms with Gasteiger partial charge in [0, 0.05) is 5.56 Å². The highest BCUT2D eigenvalue weighted by molar-refractivity contribution is 7.15. The Morgan fingerprint density at radius 3 is 2.32 bits per heavy atom. The SMILES string of the molecule is CC(C)COc1ccc(-c2nc3sc(=Cc4ccc(C(C)(C)C)cc4)c(=O)n3n2)cc1. The van der Waals surface area contributed by atoms with Crippen molar-refractivity contribution in [1.29, 1.82) is 0 Å². The Morgan fingerprint density at radius 2 is 1.74 bits per heavy atom. The molecule has 0 radical (unpaired) electrons. The monoisotopic (exact) mass is 433 g/mol. The summed E-state index contributed by atoms with van der Waals surface area (Å²) in [5, 5.41) is 4.44. The highest BCUT2D eigenvalue weighted by atomic mass is 32.1. The summed E-state index contributed by atoms with van der Waals surface area (Å²) in [6.07, 6.45) is 1.90. The van der Waals surface area contributed by atoms with E-state index in [2.05, 4.69) is 56.8 Å². The summed E-state index contributed by atoms with van der Waals surface area (Å²) in [6.45, 7) is 11.5. The van der Waals surface area contributed by atoms with E-state index < -0.39 is 0 Å². The van der Waals surface area contributed by atoms with Crippen LogP contribution in [0.1, 0.15) is 45.7 Å². The van der Waals surface area contributed by atoms with Crippen LogP contribution in [0.4, 0.5) is 0 Å². The van der Waals surface area contributed by atoms with Crippen molar-refractivity contribution < 1.29 is 4.74 Å². The highest BCUT2D eigenvalue weighted by Gasteiger charge is 2.14. The van der Waals surface area contributed by atoms with Crippen molar-refractivity contribution >= 4 is 22.4 Å². The van der Waals surface area contributed by atoms with Gasteiger partial charge in [-0.05, 0) is 52.8 Å². The van der Waals surface area contributed by atoms with Gasteiger partial charge in [0.2, 0.25) is 4.96 Å². The number of hydrogen-bond acceptors (Lipinski definition) is 5. The molecule has 0 saturated carbocycles. The van der Waals surface area contributed by atoms with E-state index in [4.69, 9.17) is 4.74 Å². The zero-order valence-corrected chi connectivity index (χ0v) is 19.4. The predicted octanol–water partition coefficient (Wildman–Crippen LogP) is 4.70. The van der Waals surface area contributed by atoms with Crippen LogP contribution in [0.25, 0.3) is 22.4 Å². The summed E-state index contributed by atoms with van der Waals surface area (Å²) in [4.78, 5) is 18.0. The lowest BCUT2D eigenvalue weighted by Crippen LogP contribution is -2.23. The summed E-state index contributed by atoms with van der Waals surface area (Å²) in [5.74, 6) is 1.83. The van der Waals surface area contributed by atoms with Crippen LogP contribution in [-0.2, 0) is 5.41 Å². The Labute approximate surface area is 186 Å². The molecule has 31 heavy (non-hydrogen) atoms. The molecule has 0 atom stereocenters. The number of ether oxygens (including phenoxy) is 1. The largest absolute Gasteiger partial charge is 0.493 e. The van der Waals surface area contributed by atoms with E-state index >= 15 is 0 Å². The van der Waals surface area contributed by atoms with Crippen LogP contribution >= 0.6 is 11.3 Å². The van der Waals surface area contributed by atoms with Gasteiger partial charge in [0.05, 0.1) is 11.1 Å². The molecule has 0 fully saturated rings. The second-order valence-electron chi connectivity index (χ2n) is 9.15. The zero-order valence-electron chi connectivity index (χ0n) is 18.5. The maximum absolute atomic E-state index is 12.8. The number of benzene rings is 2. The first-order chi connectivity index (χ1) is 14.7. The Hall–Kier alpha value is -2.99. The smallest absolute Gasteiger partial charge is 0.291 e. The fraction of sp³-hybridized carbons (Fsp3) is 0.320. The lowest BCUT2D eigenvalue weighted by molar-refractivity contribution is 0.271. The molecule has 0 aliphatic heterocycles. The molecule has 0 aliphatic rings. The lowest BCUT2D eigenvalue weighted by atomic mass is 9.87. The van der Waals surface area contributed by atoms with Crippen LogP contribution in [0.15, 0.2) is 53.3 Å². The Morgan fingerprint density at radius 1 is 1.06 bits per heavy atom. The minimum absolute atomic E-state index is 0.102. The lowest BCUT2D eigenvalue weighted by Gasteiger charge is -2.18. The molecule has 0 spiro atoms. The van der Waals surface area contributed by atoms with Crippen LogP contribution in [0, 0.1) is 5.92 Å². The first-order valence-electron chi connectivity index (χ1n) is 10.5. The van der Waals surface area contributed by atoms with E-state index in [0.29, 0.717) is 27.8 Å². The van der Waals surface area contributed by atoms with Crippen LogP contribution in [0.2, 0.25) is 0 Å². The molecule has 0 N–H and O–H groups in total. The molecule has 0 aliphatic carbocycles. The number of fused-ring (bicyclic) bond motifs is 1. The van der Waals surface area contributed by atoms with E-state index in [1.165, 1.54) is 21.4 Å². The Kier molecular flexibility index (Phi) is 5.67. The molecule has 2 aromatic carbocycles. The van der Waals surface area contributed by atoms with E-state index in [0.717, 1.165) is 16.9 Å². The normalized spacial score (nSPS) is 12.8. The highest BCUT2D eigenvalue weighted by Crippen LogP contribution is 2.23. The molecule has 0 unspecified atom stereocenters. The number of aromatic nitrogens is 3. The second-order valence-corrected chi connectivity index (χ2v) is 10.2. The number of hydrogen-bond donors (Lipinski definition) is 0. The van der Waals surface area contributed by atoms with Gasteiger partial charge >= 0.3 is 0 Å². The average Bonchev–Trinajstić information content (AvgIpc) is 3.26. The van der Waals surface area contributed by atoms with Crippen molar-refractivity contribution in [2.24, 2.45) is 5.92 Å². The third-order valence-electron chi connectivity index (χ3n) is 4.95. The molecular weight excluding hydrogens is 406 g/mol. The predicted molar refractivity (Wildman–Crippen MR) is 127 cm³/mol.